The molecule has 2 amide bonds. The molecule has 1 heterocycles. The standard InChI is InChI=1S/C24H19ClN2O4/c1-30-20-9-5-3-6-15(20)13-22-24(29)27-19-12-16(10-11-21(19)31-22)23(28)26-14-17-7-2-4-8-18(17)25/h2-13H,14H2,1H3,(H,26,28)(H,27,29)/b22-13-. The molecular formula is C24H19ClN2O4. The lowest BCUT2D eigenvalue weighted by Crippen LogP contribution is -2.26. The van der Waals surface area contributed by atoms with Crippen molar-refractivity contribution in [3.8, 4) is 11.5 Å². The number of carbonyl (C=O) groups excluding carboxylic acids is 2. The lowest BCUT2D eigenvalue weighted by atomic mass is 10.1. The lowest BCUT2D eigenvalue weighted by Gasteiger charge is -2.21. The molecule has 1 aliphatic rings. The predicted octanol–water partition coefficient (Wildman–Crippen LogP) is 4.65. The molecule has 0 saturated heterocycles. The summed E-state index contributed by atoms with van der Waals surface area (Å²) in [5, 5.41) is 6.18. The molecular weight excluding hydrogens is 416 g/mol. The number of amides is 2. The zero-order valence-electron chi connectivity index (χ0n) is 16.6. The van der Waals surface area contributed by atoms with E-state index in [1.54, 1.807) is 43.5 Å². The van der Waals surface area contributed by atoms with E-state index in [-0.39, 0.29) is 11.7 Å². The molecule has 2 N–H and O–H groups in total. The van der Waals surface area contributed by atoms with Gasteiger partial charge in [0.05, 0.1) is 12.8 Å². The smallest absolute Gasteiger partial charge is 0.291 e. The number of ether oxygens (including phenoxy) is 2. The molecule has 0 saturated carbocycles. The summed E-state index contributed by atoms with van der Waals surface area (Å²) in [6, 6.07) is 19.5. The van der Waals surface area contributed by atoms with Crippen LogP contribution in [0, 0.1) is 0 Å². The summed E-state index contributed by atoms with van der Waals surface area (Å²) >= 11 is 6.13. The van der Waals surface area contributed by atoms with Gasteiger partial charge in [0, 0.05) is 22.7 Å². The summed E-state index contributed by atoms with van der Waals surface area (Å²) in [7, 11) is 1.56. The van der Waals surface area contributed by atoms with Gasteiger partial charge in [-0.1, -0.05) is 48.0 Å². The molecule has 0 unspecified atom stereocenters. The van der Waals surface area contributed by atoms with Crippen LogP contribution in [0.1, 0.15) is 21.5 Å². The third-order valence-corrected chi connectivity index (χ3v) is 5.13. The highest BCUT2D eigenvalue weighted by atomic mass is 35.5. The number of nitrogens with one attached hydrogen (secondary N) is 2. The Balaban J connectivity index is 1.51. The van der Waals surface area contributed by atoms with Gasteiger partial charge in [-0.3, -0.25) is 9.59 Å². The van der Waals surface area contributed by atoms with Gasteiger partial charge in [-0.05, 0) is 42.0 Å². The summed E-state index contributed by atoms with van der Waals surface area (Å²) in [4.78, 5) is 25.1. The number of para-hydroxylation sites is 1. The van der Waals surface area contributed by atoms with E-state index in [1.165, 1.54) is 0 Å². The summed E-state index contributed by atoms with van der Waals surface area (Å²) < 4.78 is 11.1. The summed E-state index contributed by atoms with van der Waals surface area (Å²) in [6.45, 7) is 0.296. The number of carbonyl (C=O) groups is 2. The molecule has 0 aromatic heterocycles. The first-order valence-electron chi connectivity index (χ1n) is 9.55. The molecule has 156 valence electrons. The second kappa shape index (κ2) is 8.93. The number of benzene rings is 3. The minimum atomic E-state index is -0.410. The molecule has 1 aliphatic heterocycles. The van der Waals surface area contributed by atoms with Gasteiger partial charge in [0.25, 0.3) is 11.8 Å². The molecule has 4 rings (SSSR count). The van der Waals surface area contributed by atoms with Crippen LogP contribution in [0.15, 0.2) is 72.5 Å². The molecule has 0 aliphatic carbocycles. The number of halogens is 1. The largest absolute Gasteiger partial charge is 0.496 e. The van der Waals surface area contributed by atoms with E-state index in [0.29, 0.717) is 39.9 Å². The van der Waals surface area contributed by atoms with Crippen molar-refractivity contribution in [3.63, 3.8) is 0 Å². The number of hydrogen-bond acceptors (Lipinski definition) is 4. The van der Waals surface area contributed by atoms with Crippen molar-refractivity contribution < 1.29 is 19.1 Å². The van der Waals surface area contributed by atoms with Crippen LogP contribution in [0.3, 0.4) is 0 Å². The fourth-order valence-corrected chi connectivity index (χ4v) is 3.35. The van der Waals surface area contributed by atoms with Crippen LogP contribution in [-0.4, -0.2) is 18.9 Å². The lowest BCUT2D eigenvalue weighted by molar-refractivity contribution is -0.115. The van der Waals surface area contributed by atoms with Crippen molar-refractivity contribution in [2.45, 2.75) is 6.54 Å². The Labute approximate surface area is 184 Å². The van der Waals surface area contributed by atoms with Gasteiger partial charge >= 0.3 is 0 Å². The van der Waals surface area contributed by atoms with E-state index in [9.17, 15) is 9.59 Å². The third-order valence-electron chi connectivity index (χ3n) is 4.76. The zero-order chi connectivity index (χ0) is 21.8. The normalized spacial score (nSPS) is 13.7. The van der Waals surface area contributed by atoms with E-state index in [4.69, 9.17) is 21.1 Å². The molecule has 3 aromatic rings. The zero-order valence-corrected chi connectivity index (χ0v) is 17.4. The van der Waals surface area contributed by atoms with Crippen LogP contribution in [0.2, 0.25) is 5.02 Å². The summed E-state index contributed by atoms with van der Waals surface area (Å²) in [5.74, 6) is 0.512. The van der Waals surface area contributed by atoms with E-state index in [2.05, 4.69) is 10.6 Å². The van der Waals surface area contributed by atoms with Crippen LogP contribution in [0.5, 0.6) is 11.5 Å². The Bertz CT molecular complexity index is 1190. The van der Waals surface area contributed by atoms with Gasteiger partial charge in [0.2, 0.25) is 0 Å². The number of hydrogen-bond donors (Lipinski definition) is 2. The third kappa shape index (κ3) is 4.54. The number of rotatable bonds is 5. The Morgan fingerprint density at radius 2 is 1.90 bits per heavy atom. The van der Waals surface area contributed by atoms with Crippen LogP contribution in [-0.2, 0) is 11.3 Å². The molecule has 6 nitrogen and oxygen atoms in total. The molecule has 7 heteroatoms. The van der Waals surface area contributed by atoms with Crippen LogP contribution < -0.4 is 20.1 Å². The predicted molar refractivity (Wildman–Crippen MR) is 119 cm³/mol. The first-order valence-corrected chi connectivity index (χ1v) is 9.92. The van der Waals surface area contributed by atoms with E-state index in [1.807, 2.05) is 36.4 Å². The first-order chi connectivity index (χ1) is 15.0. The van der Waals surface area contributed by atoms with Crippen molar-refractivity contribution in [3.05, 3.63) is 94.2 Å². The molecule has 0 radical (unpaired) electrons. The minimum absolute atomic E-state index is 0.132. The monoisotopic (exact) mass is 434 g/mol. The SMILES string of the molecule is COc1ccccc1/C=C1\Oc2ccc(C(=O)NCc3ccccc3Cl)cc2NC1=O. The van der Waals surface area contributed by atoms with Gasteiger partial charge in [-0.2, -0.15) is 0 Å². The fraction of sp³-hybridized carbons (Fsp3) is 0.0833. The van der Waals surface area contributed by atoms with E-state index in [0.717, 1.165) is 5.56 Å². The molecule has 0 bridgehead atoms. The Hall–Kier alpha value is -3.77. The Morgan fingerprint density at radius 1 is 1.13 bits per heavy atom. The van der Waals surface area contributed by atoms with Crippen molar-refractivity contribution >= 4 is 35.2 Å². The van der Waals surface area contributed by atoms with Crippen LogP contribution >= 0.6 is 11.6 Å². The van der Waals surface area contributed by atoms with Gasteiger partial charge in [-0.15, -0.1) is 0 Å². The number of methoxy groups -OCH3 is 1. The maximum atomic E-state index is 12.5. The highest BCUT2D eigenvalue weighted by molar-refractivity contribution is 6.31. The second-order valence-corrected chi connectivity index (χ2v) is 7.20. The summed E-state index contributed by atoms with van der Waals surface area (Å²) in [5.41, 5.74) is 2.35. The van der Waals surface area contributed by atoms with Crippen LogP contribution in [0.4, 0.5) is 5.69 Å². The van der Waals surface area contributed by atoms with Crippen molar-refractivity contribution in [2.75, 3.05) is 12.4 Å². The maximum Gasteiger partial charge on any atom is 0.291 e. The minimum Gasteiger partial charge on any atom is -0.496 e. The first kappa shape index (κ1) is 20.5. The Kier molecular flexibility index (Phi) is 5.91. The van der Waals surface area contributed by atoms with Gasteiger partial charge < -0.3 is 20.1 Å². The summed E-state index contributed by atoms with van der Waals surface area (Å²) in [6.07, 6.45) is 1.61. The van der Waals surface area contributed by atoms with Crippen molar-refractivity contribution in [1.29, 1.82) is 0 Å². The van der Waals surface area contributed by atoms with E-state index < -0.39 is 5.91 Å². The number of anilines is 1. The second-order valence-electron chi connectivity index (χ2n) is 6.79. The highest BCUT2D eigenvalue weighted by Gasteiger charge is 2.23. The fourth-order valence-electron chi connectivity index (χ4n) is 3.15. The number of fused-ring (bicyclic) bond motifs is 1. The topological polar surface area (TPSA) is 76.7 Å². The van der Waals surface area contributed by atoms with Gasteiger partial charge in [0.15, 0.2) is 11.5 Å². The average Bonchev–Trinajstić information content (AvgIpc) is 2.79. The molecule has 0 spiro atoms. The molecule has 0 fully saturated rings. The molecule has 0 atom stereocenters. The van der Waals surface area contributed by atoms with Crippen molar-refractivity contribution in [2.24, 2.45) is 0 Å². The van der Waals surface area contributed by atoms with Gasteiger partial charge in [-0.25, -0.2) is 0 Å². The van der Waals surface area contributed by atoms with Gasteiger partial charge in [0.1, 0.15) is 5.75 Å². The van der Waals surface area contributed by atoms with Crippen LogP contribution in [0.25, 0.3) is 6.08 Å². The maximum absolute atomic E-state index is 12.5. The highest BCUT2D eigenvalue weighted by Crippen LogP contribution is 2.33. The molecule has 3 aromatic carbocycles. The average molecular weight is 435 g/mol. The Morgan fingerprint density at radius 3 is 2.71 bits per heavy atom. The van der Waals surface area contributed by atoms with Crippen molar-refractivity contribution in [1.82, 2.24) is 5.32 Å². The molecule has 31 heavy (non-hydrogen) atoms. The quantitative estimate of drug-likeness (QED) is 0.573. The van der Waals surface area contributed by atoms with E-state index >= 15 is 0 Å².